The average Bonchev–Trinajstić information content (AvgIpc) is 2.43. The molecule has 0 aromatic heterocycles. The first-order valence-electron chi connectivity index (χ1n) is 6.63. The molecule has 1 rings (SSSR count). The molecule has 2 N–H and O–H groups in total. The number of nitrogens with two attached hydrogens (primary N) is 1. The summed E-state index contributed by atoms with van der Waals surface area (Å²) in [6, 6.07) is 9.91. The highest BCUT2D eigenvalue weighted by atomic mass is 16.2. The molecule has 0 bridgehead atoms. The van der Waals surface area contributed by atoms with Crippen molar-refractivity contribution < 1.29 is 4.79 Å². The normalized spacial score (nSPS) is 14.0. The Hall–Kier alpha value is -1.35. The van der Waals surface area contributed by atoms with E-state index in [1.54, 1.807) is 0 Å². The van der Waals surface area contributed by atoms with Crippen LogP contribution in [0.25, 0.3) is 0 Å². The van der Waals surface area contributed by atoms with Crippen molar-refractivity contribution in [2.75, 3.05) is 19.6 Å². The van der Waals surface area contributed by atoms with Gasteiger partial charge in [-0.25, -0.2) is 0 Å². The molecule has 0 heterocycles. The summed E-state index contributed by atoms with van der Waals surface area (Å²) in [4.78, 5) is 14.3. The summed E-state index contributed by atoms with van der Waals surface area (Å²) in [5.74, 6) is 0.442. The maximum absolute atomic E-state index is 12.4. The van der Waals surface area contributed by atoms with E-state index in [0.717, 1.165) is 18.7 Å². The summed E-state index contributed by atoms with van der Waals surface area (Å²) >= 11 is 0. The zero-order valence-corrected chi connectivity index (χ0v) is 11.6. The second kappa shape index (κ2) is 7.17. The van der Waals surface area contributed by atoms with Crippen molar-refractivity contribution >= 4 is 5.91 Å². The van der Waals surface area contributed by atoms with Crippen molar-refractivity contribution in [2.45, 2.75) is 26.7 Å². The van der Waals surface area contributed by atoms with E-state index in [0.29, 0.717) is 12.5 Å². The van der Waals surface area contributed by atoms with E-state index >= 15 is 0 Å². The third-order valence-electron chi connectivity index (χ3n) is 3.30. The van der Waals surface area contributed by atoms with Crippen molar-refractivity contribution in [3.05, 3.63) is 35.9 Å². The lowest BCUT2D eigenvalue weighted by molar-refractivity contribution is -0.132. The fraction of sp³-hybridized carbons (Fsp3) is 0.533. The van der Waals surface area contributed by atoms with Crippen LogP contribution in [0, 0.1) is 5.92 Å². The number of hydrogen-bond acceptors (Lipinski definition) is 2. The van der Waals surface area contributed by atoms with Gasteiger partial charge in [-0.15, -0.1) is 0 Å². The van der Waals surface area contributed by atoms with Gasteiger partial charge in [0, 0.05) is 13.1 Å². The number of carbonyl (C=O) groups excluding carboxylic acids is 1. The Bertz CT molecular complexity index is 364. The quantitative estimate of drug-likeness (QED) is 0.839. The Kier molecular flexibility index (Phi) is 5.86. The maximum Gasteiger partial charge on any atom is 0.229 e. The van der Waals surface area contributed by atoms with Crippen molar-refractivity contribution in [3.63, 3.8) is 0 Å². The van der Waals surface area contributed by atoms with Crippen LogP contribution in [0.2, 0.25) is 0 Å². The fourth-order valence-electron chi connectivity index (χ4n) is 1.98. The molecule has 0 spiro atoms. The summed E-state index contributed by atoms with van der Waals surface area (Å²) in [5, 5.41) is 0. The summed E-state index contributed by atoms with van der Waals surface area (Å²) in [7, 11) is 0. The van der Waals surface area contributed by atoms with Crippen LogP contribution in [-0.4, -0.2) is 30.4 Å². The summed E-state index contributed by atoms with van der Waals surface area (Å²) < 4.78 is 0. The second-order valence-corrected chi connectivity index (χ2v) is 4.85. The van der Waals surface area contributed by atoms with Gasteiger partial charge in [0.25, 0.3) is 0 Å². The van der Waals surface area contributed by atoms with E-state index in [1.807, 2.05) is 49.1 Å². The van der Waals surface area contributed by atoms with Crippen molar-refractivity contribution in [3.8, 4) is 0 Å². The molecule has 2 atom stereocenters. The monoisotopic (exact) mass is 248 g/mol. The predicted octanol–water partition coefficient (Wildman–Crippen LogP) is 2.23. The van der Waals surface area contributed by atoms with Crippen LogP contribution >= 0.6 is 0 Å². The highest BCUT2D eigenvalue weighted by Crippen LogP contribution is 2.18. The van der Waals surface area contributed by atoms with Gasteiger partial charge in [-0.3, -0.25) is 4.79 Å². The first-order chi connectivity index (χ1) is 8.60. The number of amides is 1. The maximum atomic E-state index is 12.4. The highest BCUT2D eigenvalue weighted by molar-refractivity contribution is 5.83. The molecule has 3 heteroatoms. The molecule has 1 aromatic rings. The molecule has 0 aliphatic heterocycles. The van der Waals surface area contributed by atoms with Gasteiger partial charge in [-0.1, -0.05) is 37.3 Å². The third kappa shape index (κ3) is 3.84. The van der Waals surface area contributed by atoms with E-state index in [9.17, 15) is 4.79 Å². The number of likely N-dealkylation sites (N-methyl/N-ethyl adjacent to an activating group) is 1. The first kappa shape index (κ1) is 14.7. The van der Waals surface area contributed by atoms with E-state index in [-0.39, 0.29) is 11.8 Å². The SMILES string of the molecule is CCN(CC(C)CN)C(=O)C(C)c1ccccc1. The summed E-state index contributed by atoms with van der Waals surface area (Å²) in [6.07, 6.45) is 0. The van der Waals surface area contributed by atoms with E-state index in [2.05, 4.69) is 6.92 Å². The number of rotatable bonds is 6. The topological polar surface area (TPSA) is 46.3 Å². The van der Waals surface area contributed by atoms with Crippen LogP contribution in [0.15, 0.2) is 30.3 Å². The van der Waals surface area contributed by atoms with Crippen LogP contribution in [0.4, 0.5) is 0 Å². The lowest BCUT2D eigenvalue weighted by atomic mass is 9.99. The number of carbonyl (C=O) groups is 1. The van der Waals surface area contributed by atoms with Crippen LogP contribution in [0.5, 0.6) is 0 Å². The molecule has 0 radical (unpaired) electrons. The van der Waals surface area contributed by atoms with Gasteiger partial charge in [0.05, 0.1) is 5.92 Å². The van der Waals surface area contributed by atoms with E-state index in [4.69, 9.17) is 5.73 Å². The van der Waals surface area contributed by atoms with Crippen molar-refractivity contribution in [2.24, 2.45) is 11.7 Å². The Balaban J connectivity index is 2.72. The van der Waals surface area contributed by atoms with Crippen molar-refractivity contribution in [1.29, 1.82) is 0 Å². The Labute approximate surface area is 110 Å². The first-order valence-corrected chi connectivity index (χ1v) is 6.63. The Morgan fingerprint density at radius 2 is 1.89 bits per heavy atom. The fourth-order valence-corrected chi connectivity index (χ4v) is 1.98. The Morgan fingerprint density at radius 3 is 2.39 bits per heavy atom. The molecule has 2 unspecified atom stereocenters. The zero-order valence-electron chi connectivity index (χ0n) is 11.6. The van der Waals surface area contributed by atoms with Crippen LogP contribution in [0.1, 0.15) is 32.3 Å². The third-order valence-corrected chi connectivity index (χ3v) is 3.30. The molecular formula is C15H24N2O. The summed E-state index contributed by atoms with van der Waals surface area (Å²) in [5.41, 5.74) is 6.70. The number of benzene rings is 1. The van der Waals surface area contributed by atoms with Gasteiger partial charge in [0.15, 0.2) is 0 Å². The molecule has 0 saturated heterocycles. The van der Waals surface area contributed by atoms with E-state index < -0.39 is 0 Å². The molecule has 1 amide bonds. The lowest BCUT2D eigenvalue weighted by Gasteiger charge is -2.27. The smallest absolute Gasteiger partial charge is 0.229 e. The second-order valence-electron chi connectivity index (χ2n) is 4.85. The molecular weight excluding hydrogens is 224 g/mol. The highest BCUT2D eigenvalue weighted by Gasteiger charge is 2.21. The van der Waals surface area contributed by atoms with Crippen molar-refractivity contribution in [1.82, 2.24) is 4.90 Å². The number of nitrogens with zero attached hydrogens (tertiary/aromatic N) is 1. The molecule has 3 nitrogen and oxygen atoms in total. The average molecular weight is 248 g/mol. The summed E-state index contributed by atoms with van der Waals surface area (Å²) in [6.45, 7) is 8.14. The molecule has 100 valence electrons. The minimum absolute atomic E-state index is 0.0869. The van der Waals surface area contributed by atoms with E-state index in [1.165, 1.54) is 0 Å². The van der Waals surface area contributed by atoms with Gasteiger partial charge >= 0.3 is 0 Å². The molecule has 0 aliphatic rings. The molecule has 18 heavy (non-hydrogen) atoms. The van der Waals surface area contributed by atoms with Crippen LogP contribution < -0.4 is 5.73 Å². The minimum Gasteiger partial charge on any atom is -0.342 e. The zero-order chi connectivity index (χ0) is 13.5. The van der Waals surface area contributed by atoms with Crippen LogP contribution in [-0.2, 0) is 4.79 Å². The Morgan fingerprint density at radius 1 is 1.28 bits per heavy atom. The van der Waals surface area contributed by atoms with Gasteiger partial charge in [0.1, 0.15) is 0 Å². The van der Waals surface area contributed by atoms with Gasteiger partial charge < -0.3 is 10.6 Å². The van der Waals surface area contributed by atoms with Gasteiger partial charge in [-0.05, 0) is 31.9 Å². The van der Waals surface area contributed by atoms with Gasteiger partial charge in [0.2, 0.25) is 5.91 Å². The van der Waals surface area contributed by atoms with Crippen LogP contribution in [0.3, 0.4) is 0 Å². The molecule has 0 aliphatic carbocycles. The largest absolute Gasteiger partial charge is 0.342 e. The molecule has 0 saturated carbocycles. The number of hydrogen-bond donors (Lipinski definition) is 1. The molecule has 0 fully saturated rings. The lowest BCUT2D eigenvalue weighted by Crippen LogP contribution is -2.38. The minimum atomic E-state index is -0.0869. The predicted molar refractivity (Wildman–Crippen MR) is 75.3 cm³/mol. The standard InChI is InChI=1S/C15H24N2O/c1-4-17(11-12(2)10-16)15(18)13(3)14-8-6-5-7-9-14/h5-9,12-13H,4,10-11,16H2,1-3H3. The van der Waals surface area contributed by atoms with Gasteiger partial charge in [-0.2, -0.15) is 0 Å². The molecule has 1 aromatic carbocycles.